The Hall–Kier alpha value is -3.97. The second kappa shape index (κ2) is 12.9. The predicted molar refractivity (Wildman–Crippen MR) is 178 cm³/mol. The number of rotatable bonds is 8. The Bertz CT molecular complexity index is 1820. The van der Waals surface area contributed by atoms with E-state index in [2.05, 4.69) is 24.5 Å². The minimum absolute atomic E-state index is 0.0101. The Morgan fingerprint density at radius 1 is 1.04 bits per heavy atom. The molecular weight excluding hydrogens is 625 g/mol. The second-order valence-corrected chi connectivity index (χ2v) is 16.1. The molecule has 2 aliphatic heterocycles. The smallest absolute Gasteiger partial charge is 0.407 e. The van der Waals surface area contributed by atoms with Crippen LogP contribution >= 0.6 is 0 Å². The highest BCUT2D eigenvalue weighted by atomic mass is 32.2. The van der Waals surface area contributed by atoms with Crippen molar-refractivity contribution < 1.29 is 31.9 Å². The molecule has 0 spiro atoms. The number of alkyl carbamates (subject to hydrolysis) is 1. The van der Waals surface area contributed by atoms with Crippen LogP contribution in [0.3, 0.4) is 0 Å². The topological polar surface area (TPSA) is 153 Å². The van der Waals surface area contributed by atoms with Crippen LogP contribution in [0.15, 0.2) is 36.4 Å². The van der Waals surface area contributed by atoms with Crippen molar-refractivity contribution in [3.8, 4) is 11.1 Å². The molecule has 1 aromatic heterocycles. The zero-order chi connectivity index (χ0) is 33.5. The lowest BCUT2D eigenvalue weighted by atomic mass is 9.80. The van der Waals surface area contributed by atoms with Gasteiger partial charge in [0.25, 0.3) is 5.91 Å². The fourth-order valence-electron chi connectivity index (χ4n) is 7.15. The van der Waals surface area contributed by atoms with Crippen LogP contribution in [0, 0.1) is 11.2 Å². The van der Waals surface area contributed by atoms with Crippen LogP contribution in [0.1, 0.15) is 66.8 Å². The highest BCUT2D eigenvalue weighted by Gasteiger charge is 2.35. The lowest BCUT2D eigenvalue weighted by Gasteiger charge is -2.31. The average molecular weight is 668 g/mol. The Morgan fingerprint density at radius 3 is 2.47 bits per heavy atom. The number of fused-ring (bicyclic) bond motifs is 3. The van der Waals surface area contributed by atoms with Crippen molar-refractivity contribution in [3.05, 3.63) is 53.5 Å². The highest BCUT2D eigenvalue weighted by Crippen LogP contribution is 2.43. The number of benzene rings is 2. The summed E-state index contributed by atoms with van der Waals surface area (Å²) < 4.78 is 44.9. The second-order valence-electron chi connectivity index (χ2n) is 13.8. The first kappa shape index (κ1) is 33.0. The first-order valence-electron chi connectivity index (χ1n) is 16.2. The van der Waals surface area contributed by atoms with Crippen LogP contribution in [0.25, 0.3) is 22.0 Å². The van der Waals surface area contributed by atoms with Gasteiger partial charge in [-0.2, -0.15) is 0 Å². The van der Waals surface area contributed by atoms with E-state index in [4.69, 9.17) is 10.5 Å². The largest absolute Gasteiger partial charge is 0.446 e. The number of ether oxygens (including phenoxy) is 1. The highest BCUT2D eigenvalue weighted by molar-refractivity contribution is 7.91. The molecule has 3 aromatic rings. The zero-order valence-electron chi connectivity index (χ0n) is 26.8. The van der Waals surface area contributed by atoms with E-state index in [0.29, 0.717) is 81.5 Å². The third kappa shape index (κ3) is 7.30. The Balaban J connectivity index is 1.13. The molecule has 11 nitrogen and oxygen atoms in total. The summed E-state index contributed by atoms with van der Waals surface area (Å²) in [5.74, 6) is -0.765. The van der Waals surface area contributed by atoms with Gasteiger partial charge in [-0.05, 0) is 73.4 Å². The van der Waals surface area contributed by atoms with Crippen molar-refractivity contribution >= 4 is 44.3 Å². The summed E-state index contributed by atoms with van der Waals surface area (Å²) in [5.41, 5.74) is 9.44. The third-order valence-corrected chi connectivity index (χ3v) is 11.2. The van der Waals surface area contributed by atoms with E-state index in [1.165, 1.54) is 12.1 Å². The van der Waals surface area contributed by atoms with E-state index in [0.717, 1.165) is 22.2 Å². The number of hydrogen-bond donors (Lipinski definition) is 3. The van der Waals surface area contributed by atoms with Crippen molar-refractivity contribution in [2.75, 3.05) is 43.0 Å². The number of nitrogens with two attached hydrogens (primary N) is 1. The van der Waals surface area contributed by atoms with Crippen molar-refractivity contribution in [1.29, 1.82) is 0 Å². The van der Waals surface area contributed by atoms with E-state index in [-0.39, 0.29) is 35.0 Å². The molecule has 0 bridgehead atoms. The van der Waals surface area contributed by atoms with Gasteiger partial charge >= 0.3 is 6.09 Å². The van der Waals surface area contributed by atoms with Crippen LogP contribution in [0.4, 0.5) is 14.9 Å². The summed E-state index contributed by atoms with van der Waals surface area (Å²) in [6, 6.07) is 9.92. The maximum absolute atomic E-state index is 14.4. The monoisotopic (exact) mass is 667 g/mol. The lowest BCUT2D eigenvalue weighted by molar-refractivity contribution is 0.0725. The average Bonchev–Trinajstić information content (AvgIpc) is 3.31. The van der Waals surface area contributed by atoms with Gasteiger partial charge in [0.15, 0.2) is 9.84 Å². The summed E-state index contributed by atoms with van der Waals surface area (Å²) in [6.45, 7) is 5.99. The maximum Gasteiger partial charge on any atom is 0.407 e. The third-order valence-electron chi connectivity index (χ3n) is 9.57. The molecule has 2 aromatic carbocycles. The minimum Gasteiger partial charge on any atom is -0.446 e. The molecule has 3 heterocycles. The molecule has 47 heavy (non-hydrogen) atoms. The van der Waals surface area contributed by atoms with Crippen LogP contribution in [-0.4, -0.2) is 85.6 Å². The summed E-state index contributed by atoms with van der Waals surface area (Å²) in [4.78, 5) is 40.2. The van der Waals surface area contributed by atoms with E-state index >= 15 is 0 Å². The quantitative estimate of drug-likeness (QED) is 0.321. The summed E-state index contributed by atoms with van der Waals surface area (Å²) >= 11 is 0. The molecular formula is C34H42FN5O6S. The van der Waals surface area contributed by atoms with Gasteiger partial charge in [0.1, 0.15) is 11.9 Å². The molecule has 0 radical (unpaired) electrons. The molecule has 13 heteroatoms. The number of carbonyl (C=O) groups excluding carboxylic acids is 3. The van der Waals surface area contributed by atoms with Crippen molar-refractivity contribution in [3.63, 3.8) is 0 Å². The number of primary amides is 1. The van der Waals surface area contributed by atoms with Crippen LogP contribution in [0.2, 0.25) is 0 Å². The standard InChI is InChI=1S/C34H42FN5O6S/c1-34(2)19-29-31(26-10-4-22(35)18-28(26)40(29)30(41)20-34)21-3-9-25(32(36)42)27(17-21)38-23-5-7-24(8-6-23)46-33(43)37-11-12-39-13-15-47(44,45)16-14-39/h3-4,9-10,17-18,23-24,38H,5-8,11-16,19-20H2,1-2H3,(H2,36,42)(H,37,43). The van der Waals surface area contributed by atoms with Gasteiger partial charge in [0.2, 0.25) is 5.91 Å². The Kier molecular flexibility index (Phi) is 9.05. The maximum atomic E-state index is 14.4. The van der Waals surface area contributed by atoms with E-state index in [1.807, 2.05) is 17.0 Å². The number of aromatic nitrogens is 1. The van der Waals surface area contributed by atoms with Crippen molar-refractivity contribution in [2.24, 2.45) is 11.1 Å². The summed E-state index contributed by atoms with van der Waals surface area (Å²) in [5, 5.41) is 7.05. The Labute approximate surface area is 273 Å². The van der Waals surface area contributed by atoms with Crippen LogP contribution < -0.4 is 16.4 Å². The number of sulfone groups is 1. The number of nitrogens with zero attached hydrogens (tertiary/aromatic N) is 2. The number of carbonyl (C=O) groups is 3. The number of nitrogens with one attached hydrogen (secondary N) is 2. The van der Waals surface area contributed by atoms with Crippen LogP contribution in [0.5, 0.6) is 0 Å². The molecule has 2 fully saturated rings. The normalized spacial score (nSPS) is 22.4. The fourth-order valence-corrected chi connectivity index (χ4v) is 8.43. The van der Waals surface area contributed by atoms with E-state index in [1.54, 1.807) is 16.7 Å². The molecule has 2 amide bonds. The van der Waals surface area contributed by atoms with Crippen LogP contribution in [-0.2, 0) is 21.0 Å². The van der Waals surface area contributed by atoms with Gasteiger partial charge in [-0.3, -0.25) is 19.1 Å². The predicted octanol–water partition coefficient (Wildman–Crippen LogP) is 4.34. The molecule has 1 aliphatic carbocycles. The number of amides is 2. The Morgan fingerprint density at radius 2 is 1.77 bits per heavy atom. The van der Waals surface area contributed by atoms with Gasteiger partial charge in [-0.15, -0.1) is 0 Å². The van der Waals surface area contributed by atoms with Gasteiger partial charge in [0.05, 0.1) is 22.6 Å². The molecule has 0 atom stereocenters. The molecule has 0 unspecified atom stereocenters. The molecule has 6 rings (SSSR count). The number of halogens is 1. The van der Waals surface area contributed by atoms with Crippen molar-refractivity contribution in [2.45, 2.75) is 64.5 Å². The minimum atomic E-state index is -2.94. The van der Waals surface area contributed by atoms with Crippen molar-refractivity contribution in [1.82, 2.24) is 14.8 Å². The van der Waals surface area contributed by atoms with Gasteiger partial charge < -0.3 is 21.1 Å². The molecule has 252 valence electrons. The molecule has 4 N–H and O–H groups in total. The lowest BCUT2D eigenvalue weighted by Crippen LogP contribution is -2.44. The van der Waals surface area contributed by atoms with E-state index in [9.17, 15) is 27.2 Å². The van der Waals surface area contributed by atoms with Gasteiger partial charge in [-0.1, -0.05) is 19.9 Å². The van der Waals surface area contributed by atoms with E-state index < -0.39 is 27.7 Å². The fraction of sp³-hybridized carbons (Fsp3) is 0.500. The summed E-state index contributed by atoms with van der Waals surface area (Å²) in [6.07, 6.45) is 2.95. The molecule has 1 saturated heterocycles. The SMILES string of the molecule is CC1(C)CC(=O)n2c(c(-c3ccc(C(N)=O)c(NC4CCC(OC(=O)NCCN5CCS(=O)(=O)CC5)CC4)c3)c3ccc(F)cc32)C1. The zero-order valence-corrected chi connectivity index (χ0v) is 27.6. The number of hydrogen-bond acceptors (Lipinski definition) is 8. The number of anilines is 1. The first-order chi connectivity index (χ1) is 22.3. The van der Waals surface area contributed by atoms with Gasteiger partial charge in [-0.25, -0.2) is 17.6 Å². The molecule has 3 aliphatic rings. The van der Waals surface area contributed by atoms with Gasteiger partial charge in [0, 0.05) is 61.0 Å². The molecule has 1 saturated carbocycles. The summed E-state index contributed by atoms with van der Waals surface area (Å²) in [7, 11) is -2.94. The first-order valence-corrected chi connectivity index (χ1v) is 18.0.